The second-order valence-corrected chi connectivity index (χ2v) is 6.92. The predicted molar refractivity (Wildman–Crippen MR) is 82.1 cm³/mol. The molecule has 1 fully saturated rings. The highest BCUT2D eigenvalue weighted by Gasteiger charge is 2.32. The second-order valence-electron chi connectivity index (χ2n) is 5.99. The van der Waals surface area contributed by atoms with E-state index in [1.165, 1.54) is 37.4 Å². The molecule has 19 heavy (non-hydrogen) atoms. The zero-order valence-corrected chi connectivity index (χ0v) is 12.8. The van der Waals surface area contributed by atoms with Crippen molar-refractivity contribution in [1.82, 2.24) is 8.75 Å². The molecule has 102 valence electrons. The maximum Gasteiger partial charge on any atom is 0.129 e. The van der Waals surface area contributed by atoms with Crippen LogP contribution in [0, 0.1) is 5.41 Å². The van der Waals surface area contributed by atoms with Crippen LogP contribution in [0.3, 0.4) is 0 Å². The number of hydrogen-bond acceptors (Lipinski definition) is 4. The molecule has 0 saturated heterocycles. The molecule has 1 aliphatic rings. The van der Waals surface area contributed by atoms with Crippen molar-refractivity contribution in [2.24, 2.45) is 5.41 Å². The van der Waals surface area contributed by atoms with Gasteiger partial charge in [0.2, 0.25) is 0 Å². The lowest BCUT2D eigenvalue weighted by Gasteiger charge is -2.39. The van der Waals surface area contributed by atoms with Crippen molar-refractivity contribution in [1.29, 1.82) is 0 Å². The number of nitrogens with one attached hydrogen (secondary N) is 1. The predicted octanol–water partition coefficient (Wildman–Crippen LogP) is 4.73. The maximum absolute atomic E-state index is 6.35. The van der Waals surface area contributed by atoms with Gasteiger partial charge in [0.05, 0.1) is 22.4 Å². The van der Waals surface area contributed by atoms with Gasteiger partial charge in [0.1, 0.15) is 11.0 Å². The molecule has 0 bridgehead atoms. The van der Waals surface area contributed by atoms with Gasteiger partial charge in [-0.15, -0.1) is 0 Å². The highest BCUT2D eigenvalue weighted by molar-refractivity contribution is 7.00. The van der Waals surface area contributed by atoms with Crippen molar-refractivity contribution < 1.29 is 0 Å². The molecule has 0 aliphatic heterocycles. The zero-order chi connectivity index (χ0) is 13.5. The van der Waals surface area contributed by atoms with Gasteiger partial charge in [0, 0.05) is 6.04 Å². The number of hydrogen-bond donors (Lipinski definition) is 1. The van der Waals surface area contributed by atoms with E-state index in [2.05, 4.69) is 27.9 Å². The number of rotatable bonds is 2. The Labute approximate surface area is 122 Å². The SMILES string of the molecule is CC1(C)CCCCC1Nc1c(Cl)ccc2nsnc12. The van der Waals surface area contributed by atoms with Crippen LogP contribution < -0.4 is 5.32 Å². The quantitative estimate of drug-likeness (QED) is 0.870. The van der Waals surface area contributed by atoms with Crippen molar-refractivity contribution in [2.45, 2.75) is 45.6 Å². The lowest BCUT2D eigenvalue weighted by Crippen LogP contribution is -2.39. The first-order chi connectivity index (χ1) is 9.08. The lowest BCUT2D eigenvalue weighted by atomic mass is 9.73. The van der Waals surface area contributed by atoms with Gasteiger partial charge < -0.3 is 5.32 Å². The molecule has 0 radical (unpaired) electrons. The smallest absolute Gasteiger partial charge is 0.129 e. The number of nitrogens with zero attached hydrogens (tertiary/aromatic N) is 2. The van der Waals surface area contributed by atoms with Crippen molar-refractivity contribution in [3.05, 3.63) is 17.2 Å². The lowest BCUT2D eigenvalue weighted by molar-refractivity contribution is 0.217. The van der Waals surface area contributed by atoms with Crippen LogP contribution in [0.25, 0.3) is 11.0 Å². The van der Waals surface area contributed by atoms with E-state index >= 15 is 0 Å². The van der Waals surface area contributed by atoms with Crippen LogP contribution >= 0.6 is 23.3 Å². The first-order valence-corrected chi connectivity index (χ1v) is 7.86. The third-order valence-corrected chi connectivity index (χ3v) is 5.06. The molecule has 1 heterocycles. The molecule has 0 spiro atoms. The average molecular weight is 296 g/mol. The van der Waals surface area contributed by atoms with Crippen LogP contribution in [-0.2, 0) is 0 Å². The summed E-state index contributed by atoms with van der Waals surface area (Å²) in [6.45, 7) is 4.66. The normalized spacial score (nSPS) is 22.6. The van der Waals surface area contributed by atoms with Crippen LogP contribution in [0.1, 0.15) is 39.5 Å². The minimum absolute atomic E-state index is 0.299. The Kier molecular flexibility index (Phi) is 3.39. The van der Waals surface area contributed by atoms with E-state index in [-0.39, 0.29) is 0 Å². The van der Waals surface area contributed by atoms with Crippen LogP contribution in [0.2, 0.25) is 5.02 Å². The first-order valence-electron chi connectivity index (χ1n) is 6.75. The molecule has 1 saturated carbocycles. The molecule has 3 rings (SSSR count). The monoisotopic (exact) mass is 295 g/mol. The van der Waals surface area contributed by atoms with E-state index in [0.717, 1.165) is 21.7 Å². The Morgan fingerprint density at radius 1 is 1.32 bits per heavy atom. The Morgan fingerprint density at radius 2 is 2.16 bits per heavy atom. The van der Waals surface area contributed by atoms with E-state index in [4.69, 9.17) is 11.6 Å². The van der Waals surface area contributed by atoms with Gasteiger partial charge >= 0.3 is 0 Å². The van der Waals surface area contributed by atoms with Gasteiger partial charge in [-0.05, 0) is 30.4 Å². The zero-order valence-electron chi connectivity index (χ0n) is 11.2. The van der Waals surface area contributed by atoms with Crippen molar-refractivity contribution in [3.63, 3.8) is 0 Å². The molecule has 1 N–H and O–H groups in total. The number of aromatic nitrogens is 2. The third-order valence-electron chi connectivity index (χ3n) is 4.20. The van der Waals surface area contributed by atoms with Crippen LogP contribution in [-0.4, -0.2) is 14.8 Å². The fourth-order valence-corrected chi connectivity index (χ4v) is 3.65. The fraction of sp³-hybridized carbons (Fsp3) is 0.571. The summed E-state index contributed by atoms with van der Waals surface area (Å²) in [5, 5.41) is 4.38. The summed E-state index contributed by atoms with van der Waals surface area (Å²) in [6, 6.07) is 4.29. The topological polar surface area (TPSA) is 37.8 Å². The Morgan fingerprint density at radius 3 is 2.95 bits per heavy atom. The van der Waals surface area contributed by atoms with E-state index in [1.54, 1.807) is 0 Å². The van der Waals surface area contributed by atoms with Crippen molar-refractivity contribution in [2.75, 3.05) is 5.32 Å². The molecule has 1 unspecified atom stereocenters. The summed E-state index contributed by atoms with van der Waals surface area (Å²) in [6.07, 6.45) is 5.05. The Balaban J connectivity index is 1.96. The maximum atomic E-state index is 6.35. The van der Waals surface area contributed by atoms with E-state index in [1.807, 2.05) is 12.1 Å². The van der Waals surface area contributed by atoms with Gasteiger partial charge in [-0.2, -0.15) is 8.75 Å². The molecule has 1 aliphatic carbocycles. The molecule has 0 amide bonds. The van der Waals surface area contributed by atoms with E-state index < -0.39 is 0 Å². The summed E-state index contributed by atoms with van der Waals surface area (Å²) in [4.78, 5) is 0. The van der Waals surface area contributed by atoms with Gasteiger partial charge in [-0.1, -0.05) is 38.3 Å². The summed E-state index contributed by atoms with van der Waals surface area (Å²) in [5.41, 5.74) is 3.07. The minimum atomic E-state index is 0.299. The summed E-state index contributed by atoms with van der Waals surface area (Å²) in [5.74, 6) is 0. The van der Waals surface area contributed by atoms with Gasteiger partial charge in [-0.25, -0.2) is 0 Å². The van der Waals surface area contributed by atoms with Gasteiger partial charge in [0.25, 0.3) is 0 Å². The molecular weight excluding hydrogens is 278 g/mol. The summed E-state index contributed by atoms with van der Waals surface area (Å²) in [7, 11) is 0. The van der Waals surface area contributed by atoms with Crippen molar-refractivity contribution >= 4 is 40.0 Å². The molecular formula is C14H18ClN3S. The highest BCUT2D eigenvalue weighted by atomic mass is 35.5. The first kappa shape index (κ1) is 13.1. The second kappa shape index (κ2) is 4.91. The van der Waals surface area contributed by atoms with Gasteiger partial charge in [-0.3, -0.25) is 0 Å². The molecule has 3 nitrogen and oxygen atoms in total. The molecule has 1 aromatic heterocycles. The number of halogens is 1. The summed E-state index contributed by atoms with van der Waals surface area (Å²) >= 11 is 7.59. The number of anilines is 1. The fourth-order valence-electron chi connectivity index (χ4n) is 2.90. The minimum Gasteiger partial charge on any atom is -0.379 e. The van der Waals surface area contributed by atoms with E-state index in [0.29, 0.717) is 11.5 Å². The van der Waals surface area contributed by atoms with Crippen LogP contribution in [0.5, 0.6) is 0 Å². The Bertz CT molecular complexity index is 593. The Hall–Kier alpha value is -0.870. The molecule has 5 heteroatoms. The molecule has 1 aromatic carbocycles. The molecule has 2 aromatic rings. The van der Waals surface area contributed by atoms with E-state index in [9.17, 15) is 0 Å². The summed E-state index contributed by atoms with van der Waals surface area (Å²) < 4.78 is 8.66. The standard InChI is InChI=1S/C14H18ClN3S/c1-14(2)8-4-3-5-11(14)16-12-9(15)6-7-10-13(12)18-19-17-10/h6-7,11,16H,3-5,8H2,1-2H3. The van der Waals surface area contributed by atoms with Crippen LogP contribution in [0.4, 0.5) is 5.69 Å². The molecule has 1 atom stereocenters. The van der Waals surface area contributed by atoms with Crippen LogP contribution in [0.15, 0.2) is 12.1 Å². The third kappa shape index (κ3) is 2.43. The van der Waals surface area contributed by atoms with Gasteiger partial charge in [0.15, 0.2) is 0 Å². The average Bonchev–Trinajstić information content (AvgIpc) is 2.83. The number of benzene rings is 1. The largest absolute Gasteiger partial charge is 0.379 e. The number of fused-ring (bicyclic) bond motifs is 1. The van der Waals surface area contributed by atoms with Crippen molar-refractivity contribution in [3.8, 4) is 0 Å². The highest BCUT2D eigenvalue weighted by Crippen LogP contribution is 2.39.